The summed E-state index contributed by atoms with van der Waals surface area (Å²) in [5.74, 6) is 0. The van der Waals surface area contributed by atoms with E-state index in [2.05, 4.69) is 27.7 Å². The fraction of sp³-hybridized carbons (Fsp3) is 1.00. The van der Waals surface area contributed by atoms with Crippen molar-refractivity contribution in [1.82, 2.24) is 0 Å². The first-order valence-electron chi connectivity index (χ1n) is 6.31. The van der Waals surface area contributed by atoms with Gasteiger partial charge < -0.3 is 9.47 Å². The lowest BCUT2D eigenvalue weighted by Crippen LogP contribution is -2.40. The Morgan fingerprint density at radius 3 is 1.47 bits per heavy atom. The van der Waals surface area contributed by atoms with Gasteiger partial charge in [-0.3, -0.25) is 0 Å². The first-order valence-corrected chi connectivity index (χ1v) is 6.31. The van der Waals surface area contributed by atoms with Crippen LogP contribution >= 0.6 is 0 Å². The van der Waals surface area contributed by atoms with Gasteiger partial charge in [-0.1, -0.05) is 13.8 Å². The Kier molecular flexibility index (Phi) is 3.09. The molecule has 88 valence electrons. The first kappa shape index (κ1) is 11.4. The molecule has 2 aliphatic rings. The highest BCUT2D eigenvalue weighted by molar-refractivity contribution is 4.93. The van der Waals surface area contributed by atoms with Crippen molar-refractivity contribution in [2.75, 3.05) is 0 Å². The van der Waals surface area contributed by atoms with Gasteiger partial charge in [0.05, 0.1) is 24.4 Å². The summed E-state index contributed by atoms with van der Waals surface area (Å²) in [6, 6.07) is 0. The van der Waals surface area contributed by atoms with E-state index in [0.717, 1.165) is 0 Å². The van der Waals surface area contributed by atoms with Crippen molar-refractivity contribution in [3.05, 3.63) is 0 Å². The Balaban J connectivity index is 1.99. The summed E-state index contributed by atoms with van der Waals surface area (Å²) in [7, 11) is 0. The monoisotopic (exact) mass is 212 g/mol. The summed E-state index contributed by atoms with van der Waals surface area (Å²) < 4.78 is 12.0. The minimum Gasteiger partial charge on any atom is -0.375 e. The van der Waals surface area contributed by atoms with E-state index in [9.17, 15) is 0 Å². The largest absolute Gasteiger partial charge is 0.375 e. The zero-order chi connectivity index (χ0) is 11.1. The number of ether oxygens (including phenoxy) is 2. The van der Waals surface area contributed by atoms with Crippen molar-refractivity contribution >= 4 is 0 Å². The summed E-state index contributed by atoms with van der Waals surface area (Å²) in [4.78, 5) is 0. The topological polar surface area (TPSA) is 18.5 Å². The number of rotatable bonds is 2. The van der Waals surface area contributed by atoms with Crippen LogP contribution in [0.1, 0.15) is 53.4 Å². The van der Waals surface area contributed by atoms with Crippen LogP contribution in [-0.4, -0.2) is 24.4 Å². The van der Waals surface area contributed by atoms with Crippen LogP contribution < -0.4 is 0 Å². The van der Waals surface area contributed by atoms with Gasteiger partial charge in [0.2, 0.25) is 0 Å². The Hall–Kier alpha value is -0.0800. The predicted molar refractivity (Wildman–Crippen MR) is 60.9 cm³/mol. The highest BCUT2D eigenvalue weighted by Crippen LogP contribution is 2.42. The molecule has 0 amide bonds. The van der Waals surface area contributed by atoms with Gasteiger partial charge in [0.1, 0.15) is 0 Å². The average Bonchev–Trinajstić information content (AvgIpc) is 2.74. The van der Waals surface area contributed by atoms with Crippen molar-refractivity contribution in [3.8, 4) is 0 Å². The van der Waals surface area contributed by atoms with Gasteiger partial charge in [-0.15, -0.1) is 0 Å². The Morgan fingerprint density at radius 1 is 0.800 bits per heavy atom. The molecule has 2 rings (SSSR count). The van der Waals surface area contributed by atoms with E-state index in [4.69, 9.17) is 9.47 Å². The molecule has 0 aromatic carbocycles. The lowest BCUT2D eigenvalue weighted by atomic mass is 9.78. The molecular formula is C13H24O2. The highest BCUT2D eigenvalue weighted by Gasteiger charge is 2.44. The third kappa shape index (κ3) is 2.21. The molecule has 2 aliphatic heterocycles. The SMILES string of the molecule is CC1CCC(C(C)(C)C2CCC(C)O2)O1. The summed E-state index contributed by atoms with van der Waals surface area (Å²) in [5, 5.41) is 0. The molecule has 0 aromatic heterocycles. The van der Waals surface area contributed by atoms with Crippen molar-refractivity contribution in [1.29, 1.82) is 0 Å². The molecule has 4 atom stereocenters. The smallest absolute Gasteiger partial charge is 0.0655 e. The molecule has 2 heteroatoms. The van der Waals surface area contributed by atoms with Crippen LogP contribution in [0, 0.1) is 5.41 Å². The van der Waals surface area contributed by atoms with Crippen LogP contribution in [0.25, 0.3) is 0 Å². The zero-order valence-electron chi connectivity index (χ0n) is 10.5. The predicted octanol–water partition coefficient (Wildman–Crippen LogP) is 3.15. The van der Waals surface area contributed by atoms with Gasteiger partial charge in [-0.25, -0.2) is 0 Å². The third-order valence-electron chi connectivity index (χ3n) is 4.12. The van der Waals surface area contributed by atoms with Gasteiger partial charge in [-0.05, 0) is 39.5 Å². The summed E-state index contributed by atoms with van der Waals surface area (Å²) >= 11 is 0. The lowest BCUT2D eigenvalue weighted by Gasteiger charge is -2.36. The minimum absolute atomic E-state index is 0.176. The molecule has 2 saturated heterocycles. The van der Waals surface area contributed by atoms with Gasteiger partial charge in [0.25, 0.3) is 0 Å². The van der Waals surface area contributed by atoms with Crippen LogP contribution in [0.4, 0.5) is 0 Å². The first-order chi connectivity index (χ1) is 7.00. The molecule has 0 radical (unpaired) electrons. The van der Waals surface area contributed by atoms with Crippen LogP contribution in [0.2, 0.25) is 0 Å². The molecule has 0 saturated carbocycles. The highest BCUT2D eigenvalue weighted by atomic mass is 16.5. The Morgan fingerprint density at radius 2 is 1.20 bits per heavy atom. The number of hydrogen-bond acceptors (Lipinski definition) is 2. The second-order valence-corrected chi connectivity index (χ2v) is 5.85. The van der Waals surface area contributed by atoms with Crippen molar-refractivity contribution in [2.45, 2.75) is 77.8 Å². The normalized spacial score (nSPS) is 42.4. The van der Waals surface area contributed by atoms with Crippen LogP contribution in [-0.2, 0) is 9.47 Å². The molecule has 2 fully saturated rings. The number of hydrogen-bond donors (Lipinski definition) is 0. The molecule has 2 nitrogen and oxygen atoms in total. The van der Waals surface area contributed by atoms with Crippen molar-refractivity contribution in [3.63, 3.8) is 0 Å². The van der Waals surface area contributed by atoms with Crippen LogP contribution in [0.15, 0.2) is 0 Å². The molecular weight excluding hydrogens is 188 g/mol. The Labute approximate surface area is 93.3 Å². The maximum atomic E-state index is 5.99. The van der Waals surface area contributed by atoms with Crippen LogP contribution in [0.3, 0.4) is 0 Å². The van der Waals surface area contributed by atoms with Gasteiger partial charge >= 0.3 is 0 Å². The maximum Gasteiger partial charge on any atom is 0.0655 e. The third-order valence-corrected chi connectivity index (χ3v) is 4.12. The van der Waals surface area contributed by atoms with E-state index < -0.39 is 0 Å². The van der Waals surface area contributed by atoms with Gasteiger partial charge in [0, 0.05) is 5.41 Å². The molecule has 0 bridgehead atoms. The lowest BCUT2D eigenvalue weighted by molar-refractivity contribution is -0.0958. The summed E-state index contributed by atoms with van der Waals surface area (Å²) in [5.41, 5.74) is 0.176. The quantitative estimate of drug-likeness (QED) is 0.700. The molecule has 2 heterocycles. The standard InChI is InChI=1S/C13H24O2/c1-9-5-7-11(14-9)13(3,4)12-8-6-10(2)15-12/h9-12H,5-8H2,1-4H3. The molecule has 0 spiro atoms. The van der Waals surface area contributed by atoms with E-state index >= 15 is 0 Å². The van der Waals surface area contributed by atoms with E-state index in [1.807, 2.05) is 0 Å². The summed E-state index contributed by atoms with van der Waals surface area (Å²) in [6.45, 7) is 8.96. The van der Waals surface area contributed by atoms with Crippen molar-refractivity contribution < 1.29 is 9.47 Å². The average molecular weight is 212 g/mol. The second-order valence-electron chi connectivity index (χ2n) is 5.85. The molecule has 15 heavy (non-hydrogen) atoms. The fourth-order valence-electron chi connectivity index (χ4n) is 2.91. The molecule has 0 aromatic rings. The van der Waals surface area contributed by atoms with Crippen molar-refractivity contribution in [2.24, 2.45) is 5.41 Å². The van der Waals surface area contributed by atoms with Gasteiger partial charge in [-0.2, -0.15) is 0 Å². The van der Waals surface area contributed by atoms with E-state index in [0.29, 0.717) is 24.4 Å². The van der Waals surface area contributed by atoms with Crippen LogP contribution in [0.5, 0.6) is 0 Å². The second kappa shape index (κ2) is 4.06. The summed E-state index contributed by atoms with van der Waals surface area (Å²) in [6.07, 6.45) is 6.46. The Bertz CT molecular complexity index is 203. The molecule has 0 N–H and O–H groups in total. The molecule has 0 aliphatic carbocycles. The van der Waals surface area contributed by atoms with E-state index in [-0.39, 0.29) is 5.41 Å². The zero-order valence-corrected chi connectivity index (χ0v) is 10.5. The maximum absolute atomic E-state index is 5.99. The van der Waals surface area contributed by atoms with Gasteiger partial charge in [0.15, 0.2) is 0 Å². The molecule has 4 unspecified atom stereocenters. The van der Waals surface area contributed by atoms with E-state index in [1.165, 1.54) is 25.7 Å². The van der Waals surface area contributed by atoms with E-state index in [1.54, 1.807) is 0 Å². The fourth-order valence-corrected chi connectivity index (χ4v) is 2.91. The minimum atomic E-state index is 0.176.